The maximum absolute atomic E-state index is 14.4. The van der Waals surface area contributed by atoms with Crippen molar-refractivity contribution in [2.75, 3.05) is 5.32 Å². The zero-order valence-electron chi connectivity index (χ0n) is 14.2. The largest absolute Gasteiger partial charge is 0.322 e. The quantitative estimate of drug-likeness (QED) is 0.909. The molecule has 1 aromatic carbocycles. The number of nitrogens with zero attached hydrogens (tertiary/aromatic N) is 4. The van der Waals surface area contributed by atoms with Crippen molar-refractivity contribution in [2.24, 2.45) is 5.92 Å². The molecule has 0 radical (unpaired) electrons. The molecule has 3 heterocycles. The minimum absolute atomic E-state index is 0.149. The Kier molecular flexibility index (Phi) is 3.86. The molecule has 130 valence electrons. The molecule has 25 heavy (non-hydrogen) atoms. The van der Waals surface area contributed by atoms with Gasteiger partial charge in [0.1, 0.15) is 5.82 Å². The number of halogens is 1. The lowest BCUT2D eigenvalue weighted by molar-refractivity contribution is -0.00603. The highest BCUT2D eigenvalue weighted by molar-refractivity contribution is 5.91. The van der Waals surface area contributed by atoms with Crippen molar-refractivity contribution in [3.8, 4) is 11.4 Å². The van der Waals surface area contributed by atoms with Gasteiger partial charge in [-0.2, -0.15) is 5.10 Å². The highest BCUT2D eigenvalue weighted by Gasteiger charge is 2.46. The van der Waals surface area contributed by atoms with Crippen LogP contribution in [0.2, 0.25) is 0 Å². The summed E-state index contributed by atoms with van der Waals surface area (Å²) < 4.78 is 14.4. The highest BCUT2D eigenvalue weighted by Crippen LogP contribution is 2.41. The highest BCUT2D eigenvalue weighted by atomic mass is 19.1. The first kappa shape index (κ1) is 15.9. The Morgan fingerprint density at radius 3 is 2.68 bits per heavy atom. The zero-order chi connectivity index (χ0) is 17.6. The summed E-state index contributed by atoms with van der Waals surface area (Å²) in [5, 5.41) is 10.5. The Morgan fingerprint density at radius 2 is 2.00 bits per heavy atom. The van der Waals surface area contributed by atoms with Crippen molar-refractivity contribution < 1.29 is 9.18 Å². The molecule has 2 bridgehead atoms. The second-order valence-corrected chi connectivity index (χ2v) is 7.07. The van der Waals surface area contributed by atoms with Crippen molar-refractivity contribution in [3.05, 3.63) is 35.9 Å². The number of benzene rings is 1. The smallest absolute Gasteiger partial charge is 0.318 e. The Balaban J connectivity index is 1.58. The summed E-state index contributed by atoms with van der Waals surface area (Å²) in [7, 11) is 0. The SMILES string of the molecule is Cc1cc(F)c(NC(=O)N2[C@@H]3CC(C)C[C@H]2C3)cc1-c1nccnn1. The van der Waals surface area contributed by atoms with Crippen LogP contribution in [0.4, 0.5) is 14.9 Å². The predicted molar refractivity (Wildman–Crippen MR) is 91.4 cm³/mol. The molecule has 2 aliphatic heterocycles. The van der Waals surface area contributed by atoms with Crippen LogP contribution in [0.3, 0.4) is 0 Å². The molecule has 3 atom stereocenters. The molecule has 1 aromatic heterocycles. The van der Waals surface area contributed by atoms with Crippen molar-refractivity contribution in [1.29, 1.82) is 0 Å². The van der Waals surface area contributed by atoms with Gasteiger partial charge in [-0.25, -0.2) is 14.2 Å². The Hall–Kier alpha value is -2.57. The van der Waals surface area contributed by atoms with Crippen LogP contribution in [0.15, 0.2) is 24.5 Å². The second kappa shape index (κ2) is 6.06. The standard InChI is InChI=1S/C18H20FN5O/c1-10-5-12-8-13(6-10)24(12)18(25)22-16-9-14(11(2)7-15(16)19)17-20-3-4-21-23-17/h3-4,7,9-10,12-13H,5-6,8H2,1-2H3,(H,22,25)/t10?,12-,13+. The van der Waals surface area contributed by atoms with Gasteiger partial charge in [-0.1, -0.05) is 6.92 Å². The Morgan fingerprint density at radius 1 is 1.24 bits per heavy atom. The molecule has 2 aromatic rings. The number of carbonyl (C=O) groups excluding carboxylic acids is 1. The van der Waals surface area contributed by atoms with Gasteiger partial charge in [0, 0.05) is 23.8 Å². The fourth-order valence-electron chi connectivity index (χ4n) is 4.04. The number of piperidine rings is 1. The summed E-state index contributed by atoms with van der Waals surface area (Å²) in [5.41, 5.74) is 1.50. The molecular formula is C18H20FN5O. The third kappa shape index (κ3) is 2.83. The molecule has 4 rings (SSSR count). The molecule has 6 nitrogen and oxygen atoms in total. The van der Waals surface area contributed by atoms with Crippen molar-refractivity contribution >= 4 is 11.7 Å². The van der Waals surface area contributed by atoms with Crippen molar-refractivity contribution in [3.63, 3.8) is 0 Å². The molecule has 2 saturated heterocycles. The number of hydrogen-bond acceptors (Lipinski definition) is 4. The second-order valence-electron chi connectivity index (χ2n) is 7.07. The molecule has 2 fully saturated rings. The van der Waals surface area contributed by atoms with E-state index in [0.29, 0.717) is 22.9 Å². The third-order valence-corrected chi connectivity index (χ3v) is 5.19. The monoisotopic (exact) mass is 341 g/mol. The lowest BCUT2D eigenvalue weighted by atomic mass is 9.74. The number of anilines is 1. The lowest BCUT2D eigenvalue weighted by Crippen LogP contribution is -2.63. The van der Waals surface area contributed by atoms with Crippen LogP contribution in [-0.2, 0) is 0 Å². The average Bonchev–Trinajstić information content (AvgIpc) is 2.57. The van der Waals surface area contributed by atoms with Crippen LogP contribution in [0.25, 0.3) is 11.4 Å². The van der Waals surface area contributed by atoms with E-state index in [1.165, 1.54) is 18.5 Å². The number of fused-ring (bicyclic) bond motifs is 2. The average molecular weight is 341 g/mol. The van der Waals surface area contributed by atoms with E-state index in [2.05, 4.69) is 27.4 Å². The number of aryl methyl sites for hydroxylation is 1. The van der Waals surface area contributed by atoms with Gasteiger partial charge in [-0.05, 0) is 49.8 Å². The van der Waals surface area contributed by atoms with E-state index in [-0.39, 0.29) is 23.8 Å². The Labute approximate surface area is 145 Å². The normalized spacial score (nSPS) is 24.6. The fraction of sp³-hybridized carbons (Fsp3) is 0.444. The van der Waals surface area contributed by atoms with Crippen molar-refractivity contribution in [2.45, 2.75) is 45.2 Å². The van der Waals surface area contributed by atoms with Crippen molar-refractivity contribution in [1.82, 2.24) is 20.1 Å². The predicted octanol–water partition coefficient (Wildman–Crippen LogP) is 3.39. The van der Waals surface area contributed by atoms with Gasteiger partial charge < -0.3 is 10.2 Å². The number of carbonyl (C=O) groups is 1. The fourth-order valence-corrected chi connectivity index (χ4v) is 4.04. The van der Waals surface area contributed by atoms with Crippen LogP contribution in [0, 0.1) is 18.7 Å². The molecule has 0 saturated carbocycles. The van der Waals surface area contributed by atoms with E-state index in [0.717, 1.165) is 19.3 Å². The first-order valence-corrected chi connectivity index (χ1v) is 8.56. The summed E-state index contributed by atoms with van der Waals surface area (Å²) >= 11 is 0. The van der Waals surface area contributed by atoms with Gasteiger partial charge in [0.05, 0.1) is 11.9 Å². The maximum atomic E-state index is 14.4. The van der Waals surface area contributed by atoms with Gasteiger partial charge in [-0.15, -0.1) is 5.10 Å². The van der Waals surface area contributed by atoms with Crippen LogP contribution < -0.4 is 5.32 Å². The summed E-state index contributed by atoms with van der Waals surface area (Å²) in [6.07, 6.45) is 6.12. The van der Waals surface area contributed by atoms with Gasteiger partial charge in [0.25, 0.3) is 0 Å². The number of urea groups is 1. The lowest BCUT2D eigenvalue weighted by Gasteiger charge is -2.54. The minimum Gasteiger partial charge on any atom is -0.318 e. The van der Waals surface area contributed by atoms with Crippen LogP contribution in [-0.4, -0.2) is 38.2 Å². The first-order valence-electron chi connectivity index (χ1n) is 8.56. The first-order chi connectivity index (χ1) is 12.0. The van der Waals surface area contributed by atoms with Gasteiger partial charge in [0.2, 0.25) is 0 Å². The van der Waals surface area contributed by atoms with Crippen LogP contribution in [0.1, 0.15) is 31.7 Å². The third-order valence-electron chi connectivity index (χ3n) is 5.19. The molecule has 7 heteroatoms. The summed E-state index contributed by atoms with van der Waals surface area (Å²) in [6.45, 7) is 4.00. The number of rotatable bonds is 2. The summed E-state index contributed by atoms with van der Waals surface area (Å²) in [4.78, 5) is 18.6. The van der Waals surface area contributed by atoms with E-state index in [9.17, 15) is 9.18 Å². The molecule has 1 unspecified atom stereocenters. The molecular weight excluding hydrogens is 321 g/mol. The van der Waals surface area contributed by atoms with Crippen LogP contribution in [0.5, 0.6) is 0 Å². The molecule has 1 N–H and O–H groups in total. The number of amides is 2. The topological polar surface area (TPSA) is 71.0 Å². The van der Waals surface area contributed by atoms with Crippen LogP contribution >= 0.6 is 0 Å². The number of aromatic nitrogens is 3. The van der Waals surface area contributed by atoms with Gasteiger partial charge >= 0.3 is 6.03 Å². The minimum atomic E-state index is -0.461. The maximum Gasteiger partial charge on any atom is 0.322 e. The van der Waals surface area contributed by atoms with Gasteiger partial charge in [-0.3, -0.25) is 0 Å². The van der Waals surface area contributed by atoms with E-state index in [1.54, 1.807) is 13.0 Å². The molecule has 2 aliphatic rings. The van der Waals surface area contributed by atoms with E-state index in [1.807, 2.05) is 4.90 Å². The summed E-state index contributed by atoms with van der Waals surface area (Å²) in [6, 6.07) is 3.30. The molecule has 2 amide bonds. The summed E-state index contributed by atoms with van der Waals surface area (Å²) in [5.74, 6) is 0.598. The number of nitrogens with one attached hydrogen (secondary N) is 1. The van der Waals surface area contributed by atoms with E-state index >= 15 is 0 Å². The number of hydrogen-bond donors (Lipinski definition) is 1. The van der Waals surface area contributed by atoms with Gasteiger partial charge in [0.15, 0.2) is 5.82 Å². The van der Waals surface area contributed by atoms with E-state index < -0.39 is 5.82 Å². The Bertz CT molecular complexity index is 801. The van der Waals surface area contributed by atoms with E-state index in [4.69, 9.17) is 0 Å². The molecule has 0 aliphatic carbocycles. The zero-order valence-corrected chi connectivity index (χ0v) is 14.2. The molecule has 0 spiro atoms.